The molecule has 1 N–H and O–H groups in total. The van der Waals surface area contributed by atoms with E-state index in [4.69, 9.17) is 0 Å². The molecular weight excluding hydrogens is 439 g/mol. The molecule has 0 atom stereocenters. The average molecular weight is 461 g/mol. The zero-order valence-corrected chi connectivity index (χ0v) is 18.5. The van der Waals surface area contributed by atoms with Crippen molar-refractivity contribution >= 4 is 38.1 Å². The van der Waals surface area contributed by atoms with Crippen molar-refractivity contribution in [1.29, 1.82) is 0 Å². The molecule has 1 aliphatic heterocycles. The molecule has 0 spiro atoms. The van der Waals surface area contributed by atoms with Crippen LogP contribution in [0.5, 0.6) is 0 Å². The Bertz CT molecular complexity index is 1460. The van der Waals surface area contributed by atoms with Crippen LogP contribution in [0, 0.1) is 5.82 Å². The average Bonchev–Trinajstić information content (AvgIpc) is 2.83. The summed E-state index contributed by atoms with van der Waals surface area (Å²) in [7, 11) is -3.86. The molecule has 33 heavy (non-hydrogen) atoms. The molecule has 1 aliphatic rings. The maximum absolute atomic E-state index is 13.3. The Labute approximate surface area is 191 Å². The molecule has 0 fully saturated rings. The van der Waals surface area contributed by atoms with E-state index in [1.807, 2.05) is 42.5 Å². The van der Waals surface area contributed by atoms with Crippen LogP contribution in [0.15, 0.2) is 89.8 Å². The Morgan fingerprint density at radius 3 is 2.48 bits per heavy atom. The number of hydrogen-bond acceptors (Lipinski definition) is 3. The van der Waals surface area contributed by atoms with Gasteiger partial charge in [-0.2, -0.15) is 0 Å². The summed E-state index contributed by atoms with van der Waals surface area (Å²) in [4.78, 5) is 13.1. The number of nitrogens with one attached hydrogen (secondary N) is 1. The molecule has 4 aromatic carbocycles. The first-order valence-electron chi connectivity index (χ1n) is 10.6. The van der Waals surface area contributed by atoms with E-state index in [2.05, 4.69) is 5.32 Å². The summed E-state index contributed by atoms with van der Waals surface area (Å²) in [5.74, 6) is -0.762. The number of amides is 1. The predicted molar refractivity (Wildman–Crippen MR) is 128 cm³/mol. The lowest BCUT2D eigenvalue weighted by atomic mass is 10.0. The van der Waals surface area contributed by atoms with Crippen molar-refractivity contribution in [2.75, 3.05) is 16.2 Å². The van der Waals surface area contributed by atoms with E-state index in [-0.39, 0.29) is 10.8 Å². The van der Waals surface area contributed by atoms with Crippen LogP contribution < -0.4 is 9.62 Å². The van der Waals surface area contributed by atoms with E-state index in [0.29, 0.717) is 29.9 Å². The number of rotatable bonds is 4. The highest BCUT2D eigenvalue weighted by atomic mass is 32.2. The van der Waals surface area contributed by atoms with E-state index in [9.17, 15) is 17.6 Å². The van der Waals surface area contributed by atoms with Crippen LogP contribution in [0.1, 0.15) is 22.3 Å². The Hall–Kier alpha value is -3.71. The third kappa shape index (κ3) is 3.96. The number of sulfonamides is 1. The standard InChI is InChI=1S/C26H21FN2O3S/c27-20-11-14-22(15-12-20)33(31,32)29-16-4-7-19-10-13-21(17-25(19)29)28-26(30)24-9-3-6-18-5-1-2-8-23(18)24/h1-3,5-6,8-15,17H,4,7,16H2,(H,28,30). The first-order valence-corrected chi connectivity index (χ1v) is 12.1. The van der Waals surface area contributed by atoms with Gasteiger partial charge in [0.2, 0.25) is 0 Å². The van der Waals surface area contributed by atoms with Crippen molar-refractivity contribution < 1.29 is 17.6 Å². The second-order valence-corrected chi connectivity index (χ2v) is 9.82. The molecule has 0 radical (unpaired) electrons. The van der Waals surface area contributed by atoms with Gasteiger partial charge in [0, 0.05) is 17.8 Å². The van der Waals surface area contributed by atoms with Crippen LogP contribution in [-0.4, -0.2) is 20.9 Å². The molecule has 166 valence electrons. The Morgan fingerprint density at radius 2 is 1.67 bits per heavy atom. The van der Waals surface area contributed by atoms with Crippen LogP contribution in [-0.2, 0) is 16.4 Å². The van der Waals surface area contributed by atoms with Gasteiger partial charge in [0.05, 0.1) is 10.6 Å². The van der Waals surface area contributed by atoms with Gasteiger partial charge in [0.15, 0.2) is 0 Å². The van der Waals surface area contributed by atoms with Gasteiger partial charge in [-0.15, -0.1) is 0 Å². The predicted octanol–water partition coefficient (Wildman–Crippen LogP) is 5.37. The molecule has 5 rings (SSSR count). The monoisotopic (exact) mass is 460 g/mol. The molecule has 5 nitrogen and oxygen atoms in total. The van der Waals surface area contributed by atoms with Gasteiger partial charge in [0.1, 0.15) is 5.82 Å². The number of anilines is 2. The second-order valence-electron chi connectivity index (χ2n) is 7.96. The quantitative estimate of drug-likeness (QED) is 0.445. The summed E-state index contributed by atoms with van der Waals surface area (Å²) in [5.41, 5.74) is 2.46. The minimum absolute atomic E-state index is 0.0296. The summed E-state index contributed by atoms with van der Waals surface area (Å²) in [6, 6.07) is 23.3. The summed E-state index contributed by atoms with van der Waals surface area (Å²) in [6.07, 6.45) is 1.41. The highest BCUT2D eigenvalue weighted by Crippen LogP contribution is 2.34. The lowest BCUT2D eigenvalue weighted by molar-refractivity contribution is 0.102. The van der Waals surface area contributed by atoms with E-state index >= 15 is 0 Å². The molecule has 0 saturated carbocycles. The molecule has 0 unspecified atom stereocenters. The van der Waals surface area contributed by atoms with Gasteiger partial charge in [-0.05, 0) is 71.6 Å². The molecule has 0 bridgehead atoms. The van der Waals surface area contributed by atoms with E-state index in [1.54, 1.807) is 18.2 Å². The summed E-state index contributed by atoms with van der Waals surface area (Å²) >= 11 is 0. The van der Waals surface area contributed by atoms with Crippen molar-refractivity contribution in [2.24, 2.45) is 0 Å². The highest BCUT2D eigenvalue weighted by molar-refractivity contribution is 7.92. The summed E-state index contributed by atoms with van der Waals surface area (Å²) in [6.45, 7) is 0.313. The van der Waals surface area contributed by atoms with Gasteiger partial charge in [0.25, 0.3) is 15.9 Å². The molecule has 7 heteroatoms. The minimum atomic E-state index is -3.86. The number of fused-ring (bicyclic) bond motifs is 2. The van der Waals surface area contributed by atoms with Gasteiger partial charge in [-0.25, -0.2) is 12.8 Å². The molecule has 0 aliphatic carbocycles. The fourth-order valence-corrected chi connectivity index (χ4v) is 5.76. The van der Waals surface area contributed by atoms with Crippen LogP contribution in [0.4, 0.5) is 15.8 Å². The highest BCUT2D eigenvalue weighted by Gasteiger charge is 2.29. The van der Waals surface area contributed by atoms with Crippen LogP contribution in [0.3, 0.4) is 0 Å². The Kier molecular flexibility index (Phi) is 5.34. The van der Waals surface area contributed by atoms with Gasteiger partial charge >= 0.3 is 0 Å². The Morgan fingerprint density at radius 1 is 0.909 bits per heavy atom. The number of carbonyl (C=O) groups excluding carboxylic acids is 1. The molecule has 0 aromatic heterocycles. The Balaban J connectivity index is 1.48. The van der Waals surface area contributed by atoms with Gasteiger partial charge in [-0.1, -0.05) is 42.5 Å². The number of halogens is 1. The fourth-order valence-electron chi connectivity index (χ4n) is 4.22. The number of aryl methyl sites for hydroxylation is 1. The van der Waals surface area contributed by atoms with Gasteiger partial charge in [-0.3, -0.25) is 9.10 Å². The molecule has 1 amide bonds. The third-order valence-electron chi connectivity index (χ3n) is 5.86. The van der Waals surface area contributed by atoms with E-state index < -0.39 is 15.8 Å². The first-order chi connectivity index (χ1) is 15.9. The smallest absolute Gasteiger partial charge is 0.264 e. The largest absolute Gasteiger partial charge is 0.322 e. The maximum atomic E-state index is 13.3. The SMILES string of the molecule is O=C(Nc1ccc2c(c1)N(S(=O)(=O)c1ccc(F)cc1)CCC2)c1cccc2ccccc12. The van der Waals surface area contributed by atoms with Crippen molar-refractivity contribution in [3.63, 3.8) is 0 Å². The normalized spacial score (nSPS) is 13.5. The van der Waals surface area contributed by atoms with Crippen LogP contribution in [0.25, 0.3) is 10.8 Å². The summed E-state index contributed by atoms with van der Waals surface area (Å²) < 4.78 is 41.2. The molecule has 0 saturated heterocycles. The topological polar surface area (TPSA) is 66.5 Å². The molecular formula is C26H21FN2O3S. The lowest BCUT2D eigenvalue weighted by Crippen LogP contribution is -2.35. The van der Waals surface area contributed by atoms with Crippen molar-refractivity contribution in [1.82, 2.24) is 0 Å². The second kappa shape index (κ2) is 8.33. The zero-order chi connectivity index (χ0) is 23.0. The first kappa shape index (κ1) is 21.2. The third-order valence-corrected chi connectivity index (χ3v) is 7.68. The molecule has 4 aromatic rings. The fraction of sp³-hybridized carbons (Fsp3) is 0.115. The minimum Gasteiger partial charge on any atom is -0.322 e. The zero-order valence-electron chi connectivity index (χ0n) is 17.7. The number of benzene rings is 4. The number of hydrogen-bond donors (Lipinski definition) is 1. The van der Waals surface area contributed by atoms with Crippen LogP contribution >= 0.6 is 0 Å². The number of nitrogens with zero attached hydrogens (tertiary/aromatic N) is 1. The maximum Gasteiger partial charge on any atom is 0.264 e. The van der Waals surface area contributed by atoms with Crippen molar-refractivity contribution in [3.8, 4) is 0 Å². The molecule has 1 heterocycles. The van der Waals surface area contributed by atoms with Crippen molar-refractivity contribution in [2.45, 2.75) is 17.7 Å². The van der Waals surface area contributed by atoms with Crippen LogP contribution in [0.2, 0.25) is 0 Å². The van der Waals surface area contributed by atoms with E-state index in [0.717, 1.165) is 34.9 Å². The lowest BCUT2D eigenvalue weighted by Gasteiger charge is -2.31. The van der Waals surface area contributed by atoms with E-state index in [1.165, 1.54) is 16.4 Å². The number of carbonyl (C=O) groups is 1. The van der Waals surface area contributed by atoms with Crippen molar-refractivity contribution in [3.05, 3.63) is 102 Å². The summed E-state index contributed by atoms with van der Waals surface area (Å²) in [5, 5.41) is 4.72. The van der Waals surface area contributed by atoms with Gasteiger partial charge < -0.3 is 5.32 Å².